The SMILES string of the molecule is CC(C)(C)OC(=O)N1CC=C(C#CC(=O)N[C@@H]2CCCC[C@@H]2NC(=O)c2cc3cc(Cl)ccc3[nH]2)CC1. The normalized spacial score (nSPS) is 19.9. The van der Waals surface area contributed by atoms with Gasteiger partial charge in [-0.2, -0.15) is 0 Å². The Morgan fingerprint density at radius 1 is 1.11 bits per heavy atom. The number of H-pyrrole nitrogens is 1. The van der Waals surface area contributed by atoms with Gasteiger partial charge in [0.1, 0.15) is 11.3 Å². The average Bonchev–Trinajstić information content (AvgIpc) is 3.27. The monoisotopic (exact) mass is 524 g/mol. The largest absolute Gasteiger partial charge is 0.444 e. The predicted octanol–water partition coefficient (Wildman–Crippen LogP) is 4.55. The first-order chi connectivity index (χ1) is 17.6. The third-order valence-electron chi connectivity index (χ3n) is 6.42. The number of nitrogens with zero attached hydrogens (tertiary/aromatic N) is 1. The molecule has 3 amide bonds. The second-order valence-corrected chi connectivity index (χ2v) is 11.0. The standard InChI is InChI=1S/C28H33ClN4O4/c1-28(2,3)37-27(36)33-14-12-18(13-15-33)8-11-25(34)31-22-6-4-5-7-23(22)32-26(35)24-17-19-16-20(29)9-10-21(19)30-24/h9-10,12,16-17,22-23,30H,4-7,13-15H2,1-3H3,(H,31,34)(H,32,35)/t22-,23+/m1/s1. The maximum Gasteiger partial charge on any atom is 0.410 e. The Morgan fingerprint density at radius 2 is 1.84 bits per heavy atom. The Morgan fingerprint density at radius 3 is 2.51 bits per heavy atom. The van der Waals surface area contributed by atoms with Crippen molar-refractivity contribution in [1.29, 1.82) is 0 Å². The summed E-state index contributed by atoms with van der Waals surface area (Å²) >= 11 is 6.06. The highest BCUT2D eigenvalue weighted by atomic mass is 35.5. The Kier molecular flexibility index (Phi) is 8.13. The predicted molar refractivity (Wildman–Crippen MR) is 143 cm³/mol. The smallest absolute Gasteiger partial charge is 0.410 e. The summed E-state index contributed by atoms with van der Waals surface area (Å²) < 4.78 is 5.40. The number of aromatic amines is 1. The molecule has 9 heteroatoms. The zero-order valence-corrected chi connectivity index (χ0v) is 22.2. The van der Waals surface area contributed by atoms with E-state index in [9.17, 15) is 14.4 Å². The summed E-state index contributed by atoms with van der Waals surface area (Å²) in [5.74, 6) is 5.02. The number of fused-ring (bicyclic) bond motifs is 1. The Bertz CT molecular complexity index is 1280. The van der Waals surface area contributed by atoms with E-state index in [0.717, 1.165) is 42.2 Å². The van der Waals surface area contributed by atoms with Gasteiger partial charge >= 0.3 is 6.09 Å². The molecule has 1 aliphatic carbocycles. The molecule has 2 heterocycles. The fraction of sp³-hybridized carbons (Fsp3) is 0.464. The first kappa shape index (κ1) is 26.6. The van der Waals surface area contributed by atoms with Gasteiger partial charge in [-0.1, -0.05) is 36.4 Å². The van der Waals surface area contributed by atoms with Crippen LogP contribution in [0.4, 0.5) is 4.79 Å². The Labute approximate surface area is 222 Å². The number of hydrogen-bond acceptors (Lipinski definition) is 4. The number of halogens is 1. The molecule has 4 rings (SSSR count). The first-order valence-electron chi connectivity index (χ1n) is 12.7. The molecule has 1 fully saturated rings. The van der Waals surface area contributed by atoms with Gasteiger partial charge in [-0.25, -0.2) is 4.79 Å². The Balaban J connectivity index is 1.32. The second-order valence-electron chi connectivity index (χ2n) is 10.5. The van der Waals surface area contributed by atoms with Gasteiger partial charge < -0.3 is 25.3 Å². The van der Waals surface area contributed by atoms with E-state index in [1.807, 2.05) is 39.0 Å². The molecular weight excluding hydrogens is 492 g/mol. The number of rotatable bonds is 3. The van der Waals surface area contributed by atoms with E-state index in [1.54, 1.807) is 17.0 Å². The quantitative estimate of drug-likeness (QED) is 0.512. The minimum absolute atomic E-state index is 0.182. The van der Waals surface area contributed by atoms with Crippen molar-refractivity contribution in [3.05, 3.63) is 46.6 Å². The number of aromatic nitrogens is 1. The minimum Gasteiger partial charge on any atom is -0.444 e. The van der Waals surface area contributed by atoms with Crippen molar-refractivity contribution >= 4 is 40.4 Å². The maximum atomic E-state index is 12.9. The summed E-state index contributed by atoms with van der Waals surface area (Å²) in [5.41, 5.74) is 1.57. The molecule has 2 aliphatic rings. The van der Waals surface area contributed by atoms with E-state index >= 15 is 0 Å². The van der Waals surface area contributed by atoms with Crippen molar-refractivity contribution in [2.24, 2.45) is 0 Å². The minimum atomic E-state index is -0.542. The summed E-state index contributed by atoms with van der Waals surface area (Å²) in [6.07, 6.45) is 5.57. The van der Waals surface area contributed by atoms with Crippen LogP contribution < -0.4 is 10.6 Å². The molecular formula is C28H33ClN4O4. The van der Waals surface area contributed by atoms with E-state index < -0.39 is 5.60 Å². The van der Waals surface area contributed by atoms with Crippen LogP contribution in [0.15, 0.2) is 35.9 Å². The number of ether oxygens (including phenoxy) is 1. The van der Waals surface area contributed by atoms with E-state index in [4.69, 9.17) is 16.3 Å². The number of carbonyl (C=O) groups excluding carboxylic acids is 3. The van der Waals surface area contributed by atoms with Gasteiger partial charge in [-0.3, -0.25) is 9.59 Å². The second kappa shape index (κ2) is 11.3. The van der Waals surface area contributed by atoms with Gasteiger partial charge in [-0.05, 0) is 70.2 Å². The summed E-state index contributed by atoms with van der Waals surface area (Å²) in [5, 5.41) is 7.54. The molecule has 1 saturated carbocycles. The highest BCUT2D eigenvalue weighted by molar-refractivity contribution is 6.31. The number of amides is 3. The molecule has 196 valence electrons. The van der Waals surface area contributed by atoms with E-state index in [2.05, 4.69) is 27.5 Å². The van der Waals surface area contributed by atoms with Crippen LogP contribution in [0, 0.1) is 11.8 Å². The molecule has 0 saturated heterocycles. The molecule has 0 bridgehead atoms. The lowest BCUT2D eigenvalue weighted by Gasteiger charge is -2.32. The van der Waals surface area contributed by atoms with Crippen molar-refractivity contribution < 1.29 is 19.1 Å². The molecule has 8 nitrogen and oxygen atoms in total. The third kappa shape index (κ3) is 7.30. The van der Waals surface area contributed by atoms with E-state index in [1.165, 1.54) is 0 Å². The van der Waals surface area contributed by atoms with Crippen LogP contribution in [0.1, 0.15) is 63.4 Å². The molecule has 1 aliphatic heterocycles. The number of hydrogen-bond donors (Lipinski definition) is 3. The highest BCUT2D eigenvalue weighted by Gasteiger charge is 2.28. The molecule has 37 heavy (non-hydrogen) atoms. The molecule has 2 aromatic rings. The van der Waals surface area contributed by atoms with Crippen molar-refractivity contribution in [3.8, 4) is 11.8 Å². The van der Waals surface area contributed by atoms with Crippen molar-refractivity contribution in [3.63, 3.8) is 0 Å². The summed E-state index contributed by atoms with van der Waals surface area (Å²) in [6, 6.07) is 6.83. The van der Waals surface area contributed by atoms with E-state index in [0.29, 0.717) is 30.2 Å². The topological polar surface area (TPSA) is 104 Å². The number of benzene rings is 1. The van der Waals surface area contributed by atoms with Gasteiger partial charge in [0.25, 0.3) is 11.8 Å². The number of carbonyl (C=O) groups is 3. The third-order valence-corrected chi connectivity index (χ3v) is 6.66. The molecule has 0 spiro atoms. The average molecular weight is 525 g/mol. The van der Waals surface area contributed by atoms with Crippen LogP contribution >= 0.6 is 11.6 Å². The van der Waals surface area contributed by atoms with Crippen molar-refractivity contribution in [1.82, 2.24) is 20.5 Å². The fourth-order valence-corrected chi connectivity index (χ4v) is 4.75. The van der Waals surface area contributed by atoms with Crippen LogP contribution in [0.25, 0.3) is 10.9 Å². The summed E-state index contributed by atoms with van der Waals surface area (Å²) in [6.45, 7) is 6.40. The van der Waals surface area contributed by atoms with Gasteiger partial charge in [0.2, 0.25) is 0 Å². The summed E-state index contributed by atoms with van der Waals surface area (Å²) in [4.78, 5) is 42.5. The van der Waals surface area contributed by atoms with Crippen LogP contribution in [0.2, 0.25) is 5.02 Å². The zero-order valence-electron chi connectivity index (χ0n) is 21.4. The van der Waals surface area contributed by atoms with Gasteiger partial charge in [-0.15, -0.1) is 0 Å². The van der Waals surface area contributed by atoms with Crippen LogP contribution in [0.5, 0.6) is 0 Å². The first-order valence-corrected chi connectivity index (χ1v) is 13.0. The number of nitrogens with one attached hydrogen (secondary N) is 3. The Hall–Kier alpha value is -3.44. The molecule has 3 N–H and O–H groups in total. The van der Waals surface area contributed by atoms with E-state index in [-0.39, 0.29) is 30.0 Å². The maximum absolute atomic E-state index is 12.9. The lowest BCUT2D eigenvalue weighted by atomic mass is 9.90. The van der Waals surface area contributed by atoms with Gasteiger partial charge in [0, 0.05) is 46.7 Å². The van der Waals surface area contributed by atoms with Crippen LogP contribution in [-0.2, 0) is 9.53 Å². The molecule has 0 unspecified atom stereocenters. The highest BCUT2D eigenvalue weighted by Crippen LogP contribution is 2.22. The van der Waals surface area contributed by atoms with Crippen molar-refractivity contribution in [2.75, 3.05) is 13.1 Å². The zero-order chi connectivity index (χ0) is 26.6. The lowest BCUT2D eigenvalue weighted by Crippen LogP contribution is -2.53. The molecule has 1 aromatic heterocycles. The molecule has 0 radical (unpaired) electrons. The molecule has 1 aromatic carbocycles. The van der Waals surface area contributed by atoms with Crippen LogP contribution in [0.3, 0.4) is 0 Å². The van der Waals surface area contributed by atoms with Crippen molar-refractivity contribution in [2.45, 2.75) is 70.6 Å². The van der Waals surface area contributed by atoms with Gasteiger partial charge in [0.05, 0.1) is 0 Å². The fourth-order valence-electron chi connectivity index (χ4n) is 4.56. The summed E-state index contributed by atoms with van der Waals surface area (Å²) in [7, 11) is 0. The van der Waals surface area contributed by atoms with Crippen LogP contribution in [-0.4, -0.2) is 58.6 Å². The lowest BCUT2D eigenvalue weighted by molar-refractivity contribution is -0.116. The van der Waals surface area contributed by atoms with Gasteiger partial charge in [0.15, 0.2) is 0 Å². The molecule has 2 atom stereocenters.